The fraction of sp³-hybridized carbons (Fsp3) is 0.263. The summed E-state index contributed by atoms with van der Waals surface area (Å²) in [6.45, 7) is 3.76. The van der Waals surface area contributed by atoms with Crippen molar-refractivity contribution in [1.82, 2.24) is 5.32 Å². The maximum atomic E-state index is 13.6. The number of carbonyl (C=O) groups is 4. The molecular formula is C38H39N3O5S2. The Balaban J connectivity index is 1.30. The lowest BCUT2D eigenvalue weighted by molar-refractivity contribution is -0.115. The summed E-state index contributed by atoms with van der Waals surface area (Å²) in [6, 6.07) is 23.5. The van der Waals surface area contributed by atoms with Gasteiger partial charge >= 0.3 is 5.97 Å². The van der Waals surface area contributed by atoms with Gasteiger partial charge in [0, 0.05) is 21.0 Å². The molecule has 3 amide bonds. The summed E-state index contributed by atoms with van der Waals surface area (Å²) in [5, 5.41) is 8.70. The van der Waals surface area contributed by atoms with Gasteiger partial charge in [0.15, 0.2) is 0 Å². The van der Waals surface area contributed by atoms with Crippen LogP contribution in [0.1, 0.15) is 74.9 Å². The first-order valence-corrected chi connectivity index (χ1v) is 17.7. The maximum absolute atomic E-state index is 13.6. The lowest BCUT2D eigenvalue weighted by atomic mass is 9.96. The summed E-state index contributed by atoms with van der Waals surface area (Å²) in [5.41, 5.74) is 4.29. The highest BCUT2D eigenvalue weighted by atomic mass is 32.2. The van der Waals surface area contributed by atoms with Gasteiger partial charge in [0.25, 0.3) is 11.8 Å². The Labute approximate surface area is 289 Å². The number of esters is 1. The molecule has 4 aromatic rings. The fourth-order valence-electron chi connectivity index (χ4n) is 5.51. The number of aryl methyl sites for hydroxylation is 2. The average Bonchev–Trinajstić information content (AvgIpc) is 3.39. The number of amides is 3. The Morgan fingerprint density at radius 3 is 2.38 bits per heavy atom. The number of methoxy groups -OCH3 is 1. The number of ether oxygens (including phenoxy) is 1. The molecule has 1 aliphatic carbocycles. The Kier molecular flexibility index (Phi) is 11.9. The van der Waals surface area contributed by atoms with Crippen LogP contribution in [0.5, 0.6) is 0 Å². The second kappa shape index (κ2) is 16.4. The number of fused-ring (bicyclic) bond motifs is 1. The van der Waals surface area contributed by atoms with Gasteiger partial charge in [0.1, 0.15) is 10.7 Å². The van der Waals surface area contributed by atoms with Crippen molar-refractivity contribution in [2.24, 2.45) is 0 Å². The highest BCUT2D eigenvalue weighted by Gasteiger charge is 2.27. The third-order valence-corrected chi connectivity index (χ3v) is 10.3. The molecule has 0 saturated heterocycles. The topological polar surface area (TPSA) is 114 Å². The molecule has 1 heterocycles. The molecule has 10 heteroatoms. The van der Waals surface area contributed by atoms with Crippen molar-refractivity contribution in [3.63, 3.8) is 0 Å². The number of carbonyl (C=O) groups excluding carboxylic acids is 4. The van der Waals surface area contributed by atoms with Crippen LogP contribution in [-0.4, -0.2) is 36.1 Å². The van der Waals surface area contributed by atoms with E-state index < -0.39 is 23.0 Å². The third kappa shape index (κ3) is 9.02. The van der Waals surface area contributed by atoms with Gasteiger partial charge in [-0.3, -0.25) is 14.4 Å². The SMILES string of the molecule is COC(=O)c1c(NC(=O)C(C)Sc2cccc(NC(=O)/C(=C\c3cccc(C)c3)NC(=O)c3ccccc3)c2)sc2c1CCCCCC2. The van der Waals surface area contributed by atoms with E-state index in [1.54, 1.807) is 55.5 Å². The Morgan fingerprint density at radius 2 is 1.62 bits per heavy atom. The molecule has 1 atom stereocenters. The van der Waals surface area contributed by atoms with E-state index in [-0.39, 0.29) is 11.6 Å². The maximum Gasteiger partial charge on any atom is 0.341 e. The summed E-state index contributed by atoms with van der Waals surface area (Å²) in [4.78, 5) is 54.7. The molecule has 0 radical (unpaired) electrons. The minimum atomic E-state index is -0.506. The molecule has 248 valence electrons. The smallest absolute Gasteiger partial charge is 0.341 e. The monoisotopic (exact) mass is 681 g/mol. The first kappa shape index (κ1) is 34.7. The van der Waals surface area contributed by atoms with Crippen LogP contribution < -0.4 is 16.0 Å². The molecule has 5 rings (SSSR count). The van der Waals surface area contributed by atoms with Gasteiger partial charge in [-0.05, 0) is 87.1 Å². The van der Waals surface area contributed by atoms with Crippen molar-refractivity contribution < 1.29 is 23.9 Å². The number of nitrogens with one attached hydrogen (secondary N) is 3. The molecule has 0 spiro atoms. The van der Waals surface area contributed by atoms with Crippen molar-refractivity contribution in [3.05, 3.63) is 117 Å². The van der Waals surface area contributed by atoms with Gasteiger partial charge in [-0.2, -0.15) is 0 Å². The number of rotatable bonds is 10. The van der Waals surface area contributed by atoms with E-state index in [1.165, 1.54) is 30.2 Å². The van der Waals surface area contributed by atoms with Crippen LogP contribution in [0.4, 0.5) is 10.7 Å². The van der Waals surface area contributed by atoms with Crippen LogP contribution in [0, 0.1) is 6.92 Å². The van der Waals surface area contributed by atoms with Gasteiger partial charge in [0.05, 0.1) is 17.9 Å². The van der Waals surface area contributed by atoms with Crippen molar-refractivity contribution in [1.29, 1.82) is 0 Å². The second-order valence-electron chi connectivity index (χ2n) is 11.6. The zero-order chi connectivity index (χ0) is 34.0. The van der Waals surface area contributed by atoms with Crippen molar-refractivity contribution in [2.45, 2.75) is 62.5 Å². The van der Waals surface area contributed by atoms with Crippen molar-refractivity contribution in [2.75, 3.05) is 17.7 Å². The first-order chi connectivity index (χ1) is 23.2. The summed E-state index contributed by atoms with van der Waals surface area (Å²) in [7, 11) is 1.36. The zero-order valence-corrected chi connectivity index (χ0v) is 28.9. The number of benzene rings is 3. The minimum Gasteiger partial charge on any atom is -0.465 e. The summed E-state index contributed by atoms with van der Waals surface area (Å²) in [6.07, 6.45) is 7.67. The molecule has 3 aromatic carbocycles. The van der Waals surface area contributed by atoms with E-state index >= 15 is 0 Å². The van der Waals surface area contributed by atoms with Crippen LogP contribution >= 0.6 is 23.1 Å². The summed E-state index contributed by atoms with van der Waals surface area (Å²) < 4.78 is 5.10. The van der Waals surface area contributed by atoms with Crippen LogP contribution in [0.3, 0.4) is 0 Å². The van der Waals surface area contributed by atoms with E-state index in [2.05, 4.69) is 16.0 Å². The first-order valence-electron chi connectivity index (χ1n) is 16.0. The van der Waals surface area contributed by atoms with Crippen LogP contribution in [-0.2, 0) is 27.2 Å². The number of thiophene rings is 1. The van der Waals surface area contributed by atoms with Gasteiger partial charge in [-0.15, -0.1) is 23.1 Å². The molecule has 1 unspecified atom stereocenters. The molecule has 0 aliphatic heterocycles. The second-order valence-corrected chi connectivity index (χ2v) is 14.2. The Morgan fingerprint density at radius 1 is 0.875 bits per heavy atom. The van der Waals surface area contributed by atoms with Crippen LogP contribution in [0.25, 0.3) is 6.08 Å². The Bertz CT molecular complexity index is 1830. The highest BCUT2D eigenvalue weighted by Crippen LogP contribution is 2.38. The minimum absolute atomic E-state index is 0.0896. The fourth-order valence-corrected chi connectivity index (χ4v) is 7.72. The molecule has 48 heavy (non-hydrogen) atoms. The quantitative estimate of drug-likeness (QED) is 0.0888. The van der Waals surface area contributed by atoms with E-state index in [1.807, 2.05) is 43.3 Å². The van der Waals surface area contributed by atoms with Gasteiger partial charge in [-0.1, -0.05) is 66.9 Å². The predicted octanol–water partition coefficient (Wildman–Crippen LogP) is 8.03. The molecule has 3 N–H and O–H groups in total. The molecule has 0 bridgehead atoms. The normalized spacial score (nSPS) is 13.7. The molecule has 8 nitrogen and oxygen atoms in total. The van der Waals surface area contributed by atoms with E-state index in [0.717, 1.165) is 65.0 Å². The predicted molar refractivity (Wildman–Crippen MR) is 194 cm³/mol. The molecule has 1 aromatic heterocycles. The molecular weight excluding hydrogens is 643 g/mol. The molecule has 1 aliphatic rings. The summed E-state index contributed by atoms with van der Waals surface area (Å²) in [5.74, 6) is -1.55. The van der Waals surface area contributed by atoms with Gasteiger partial charge in [0.2, 0.25) is 5.91 Å². The highest BCUT2D eigenvalue weighted by molar-refractivity contribution is 8.00. The Hall–Kier alpha value is -4.67. The van der Waals surface area contributed by atoms with Crippen LogP contribution in [0.15, 0.2) is 89.5 Å². The van der Waals surface area contributed by atoms with E-state index in [9.17, 15) is 19.2 Å². The largest absolute Gasteiger partial charge is 0.465 e. The van der Waals surface area contributed by atoms with Gasteiger partial charge < -0.3 is 20.7 Å². The number of hydrogen-bond donors (Lipinski definition) is 3. The third-order valence-electron chi connectivity index (χ3n) is 7.95. The van der Waals surface area contributed by atoms with Gasteiger partial charge in [-0.25, -0.2) is 4.79 Å². The summed E-state index contributed by atoms with van der Waals surface area (Å²) >= 11 is 2.81. The van der Waals surface area contributed by atoms with E-state index in [0.29, 0.717) is 21.8 Å². The lowest BCUT2D eigenvalue weighted by Gasteiger charge is -2.14. The number of anilines is 2. The van der Waals surface area contributed by atoms with E-state index in [4.69, 9.17) is 4.74 Å². The zero-order valence-electron chi connectivity index (χ0n) is 27.3. The standard InChI is InChI=1S/C38H39N3O5S2/c1-24-13-11-14-26(21-24)22-31(40-35(43)27-15-7-6-8-16-27)36(44)39-28-17-12-18-29(23-28)47-25(2)34(42)41-37-33(38(45)46-3)30-19-9-4-5-10-20-32(30)48-37/h6-8,11-18,21-23,25H,4-5,9-10,19-20H2,1-3H3,(H,39,44)(H,40,43)(H,41,42)/b31-22+. The van der Waals surface area contributed by atoms with Crippen molar-refractivity contribution >= 4 is 63.6 Å². The lowest BCUT2D eigenvalue weighted by Crippen LogP contribution is -2.30. The number of hydrogen-bond acceptors (Lipinski definition) is 7. The van der Waals surface area contributed by atoms with Crippen LogP contribution in [0.2, 0.25) is 0 Å². The number of thioether (sulfide) groups is 1. The van der Waals surface area contributed by atoms with Crippen molar-refractivity contribution in [3.8, 4) is 0 Å². The average molecular weight is 682 g/mol. The molecule has 0 saturated carbocycles. The molecule has 0 fully saturated rings.